The zero-order chi connectivity index (χ0) is 20.9. The number of nitrogens with zero attached hydrogens (tertiary/aromatic N) is 1. The monoisotopic (exact) mass is 416 g/mol. The summed E-state index contributed by atoms with van der Waals surface area (Å²) in [7, 11) is -3.32. The zero-order valence-corrected chi connectivity index (χ0v) is 16.4. The van der Waals surface area contributed by atoms with E-state index in [1.165, 1.54) is 11.0 Å². The van der Waals surface area contributed by atoms with Gasteiger partial charge in [0.25, 0.3) is 0 Å². The number of sulfone groups is 1. The summed E-state index contributed by atoms with van der Waals surface area (Å²) in [6.45, 7) is 1.76. The molecule has 1 aromatic rings. The second kappa shape index (κ2) is 8.81. The van der Waals surface area contributed by atoms with Gasteiger partial charge in [0.2, 0.25) is 0 Å². The molecule has 2 atom stereocenters. The van der Waals surface area contributed by atoms with Crippen molar-refractivity contribution in [3.8, 4) is 0 Å². The fourth-order valence-electron chi connectivity index (χ4n) is 3.05. The van der Waals surface area contributed by atoms with Crippen molar-refractivity contribution in [3.05, 3.63) is 59.0 Å². The van der Waals surface area contributed by atoms with E-state index in [2.05, 4.69) is 5.32 Å². The molecule has 1 aliphatic rings. The van der Waals surface area contributed by atoms with Gasteiger partial charge in [0, 0.05) is 30.3 Å². The van der Waals surface area contributed by atoms with Crippen LogP contribution in [0.5, 0.6) is 0 Å². The number of urea groups is 1. The number of carbonyl (C=O) groups excluding carboxylic acids is 1. The van der Waals surface area contributed by atoms with Crippen molar-refractivity contribution in [2.75, 3.05) is 12.8 Å². The first-order valence-corrected chi connectivity index (χ1v) is 10.7. The molecule has 9 heteroatoms. The van der Waals surface area contributed by atoms with Crippen molar-refractivity contribution >= 4 is 15.9 Å². The normalized spacial score (nSPS) is 21.1. The van der Waals surface area contributed by atoms with Crippen LogP contribution in [0.2, 0.25) is 0 Å². The summed E-state index contributed by atoms with van der Waals surface area (Å²) in [5, 5.41) is 3.69. The molecule has 0 saturated carbocycles. The Bertz CT molecular complexity index is 849. The van der Waals surface area contributed by atoms with Gasteiger partial charge in [-0.15, -0.1) is 0 Å². The van der Waals surface area contributed by atoms with Gasteiger partial charge < -0.3 is 10.2 Å². The standard InChI is InChI=1S/C19H23F3N2O3S/c1-14(9-11-28(2,26)27)23-18(25)24-10-8-15(13-19(20,21)22)12-17(24)16-6-4-3-5-7-16/h3-7,9,11,13-14,17H,8,10,12H2,1-2H3,(H,23,25)/b11-9+,15-13?. The third-order valence-electron chi connectivity index (χ3n) is 4.28. The molecule has 0 spiro atoms. The van der Waals surface area contributed by atoms with Crippen molar-refractivity contribution in [3.63, 3.8) is 0 Å². The summed E-state index contributed by atoms with van der Waals surface area (Å²) in [6.07, 6.45) is -1.47. The predicted octanol–water partition coefficient (Wildman–Crippen LogP) is 3.97. The molecule has 154 valence electrons. The Hall–Kier alpha value is -2.29. The summed E-state index contributed by atoms with van der Waals surface area (Å²) in [6, 6.07) is 7.34. The number of benzene rings is 1. The van der Waals surface area contributed by atoms with Crippen LogP contribution in [0.3, 0.4) is 0 Å². The van der Waals surface area contributed by atoms with E-state index >= 15 is 0 Å². The number of hydrogen-bond donors (Lipinski definition) is 1. The van der Waals surface area contributed by atoms with Crippen LogP contribution in [0, 0.1) is 0 Å². The molecule has 1 aromatic carbocycles. The number of hydrogen-bond acceptors (Lipinski definition) is 3. The molecule has 1 saturated heterocycles. The molecule has 5 nitrogen and oxygen atoms in total. The largest absolute Gasteiger partial charge is 0.409 e. The van der Waals surface area contributed by atoms with Crippen molar-refractivity contribution in [2.45, 2.75) is 38.0 Å². The Morgan fingerprint density at radius 1 is 1.29 bits per heavy atom. The SMILES string of the molecule is CC(/C=C/S(C)(=O)=O)NC(=O)N1CCC(=CC(F)(F)F)CC1c1ccccc1. The number of likely N-dealkylation sites (tertiary alicyclic amines) is 1. The fraction of sp³-hybridized carbons (Fsp3) is 0.421. The van der Waals surface area contributed by atoms with Crippen molar-refractivity contribution in [1.82, 2.24) is 10.2 Å². The number of alkyl halides is 3. The third kappa shape index (κ3) is 7.03. The van der Waals surface area contributed by atoms with Gasteiger partial charge in [0.05, 0.1) is 6.04 Å². The van der Waals surface area contributed by atoms with E-state index in [0.29, 0.717) is 6.08 Å². The van der Waals surface area contributed by atoms with Crippen molar-refractivity contribution in [1.29, 1.82) is 0 Å². The van der Waals surface area contributed by atoms with E-state index in [9.17, 15) is 26.4 Å². The van der Waals surface area contributed by atoms with Crippen molar-refractivity contribution in [2.24, 2.45) is 0 Å². The summed E-state index contributed by atoms with van der Waals surface area (Å²) in [5.41, 5.74) is 0.986. The topological polar surface area (TPSA) is 66.5 Å². The number of amides is 2. The van der Waals surface area contributed by atoms with Crippen LogP contribution in [0.4, 0.5) is 18.0 Å². The Morgan fingerprint density at radius 2 is 1.93 bits per heavy atom. The summed E-state index contributed by atoms with van der Waals surface area (Å²) < 4.78 is 60.7. The molecule has 1 fully saturated rings. The van der Waals surface area contributed by atoms with Gasteiger partial charge in [-0.1, -0.05) is 42.0 Å². The lowest BCUT2D eigenvalue weighted by Crippen LogP contribution is -2.47. The Morgan fingerprint density at radius 3 is 2.50 bits per heavy atom. The number of rotatable bonds is 4. The lowest BCUT2D eigenvalue weighted by molar-refractivity contribution is -0.0810. The van der Waals surface area contributed by atoms with Crippen LogP contribution < -0.4 is 5.32 Å². The molecule has 28 heavy (non-hydrogen) atoms. The molecule has 0 aliphatic carbocycles. The number of halogens is 3. The van der Waals surface area contributed by atoms with E-state index < -0.39 is 34.1 Å². The molecule has 0 bridgehead atoms. The third-order valence-corrected chi connectivity index (χ3v) is 4.94. The van der Waals surface area contributed by atoms with Gasteiger partial charge >= 0.3 is 12.2 Å². The lowest BCUT2D eigenvalue weighted by Gasteiger charge is -2.38. The molecule has 1 N–H and O–H groups in total. The molecular formula is C19H23F3N2O3S. The summed E-state index contributed by atoms with van der Waals surface area (Å²) >= 11 is 0. The van der Waals surface area contributed by atoms with E-state index in [1.54, 1.807) is 37.3 Å². The molecule has 0 radical (unpaired) electrons. The van der Waals surface area contributed by atoms with Crippen LogP contribution in [-0.2, 0) is 9.84 Å². The van der Waals surface area contributed by atoms with Gasteiger partial charge in [-0.25, -0.2) is 13.2 Å². The maximum atomic E-state index is 12.8. The van der Waals surface area contributed by atoms with Gasteiger partial charge in [-0.05, 0) is 25.3 Å². The number of carbonyl (C=O) groups is 1. The van der Waals surface area contributed by atoms with E-state index in [-0.39, 0.29) is 25.0 Å². The summed E-state index contributed by atoms with van der Waals surface area (Å²) in [5.74, 6) is 0. The van der Waals surface area contributed by atoms with E-state index in [4.69, 9.17) is 0 Å². The van der Waals surface area contributed by atoms with Crippen LogP contribution in [0.15, 0.2) is 53.5 Å². The highest BCUT2D eigenvalue weighted by atomic mass is 32.2. The minimum atomic E-state index is -4.40. The van der Waals surface area contributed by atoms with Crippen LogP contribution in [0.1, 0.15) is 31.4 Å². The van der Waals surface area contributed by atoms with Crippen LogP contribution >= 0.6 is 0 Å². The molecule has 2 unspecified atom stereocenters. The highest BCUT2D eigenvalue weighted by Gasteiger charge is 2.33. The molecular weight excluding hydrogens is 393 g/mol. The van der Waals surface area contributed by atoms with E-state index in [1.807, 2.05) is 0 Å². The zero-order valence-electron chi connectivity index (χ0n) is 15.6. The molecule has 2 amide bonds. The first kappa shape index (κ1) is 22.0. The number of nitrogens with one attached hydrogen (secondary N) is 1. The highest BCUT2D eigenvalue weighted by Crippen LogP contribution is 2.35. The smallest absolute Gasteiger partial charge is 0.332 e. The van der Waals surface area contributed by atoms with Gasteiger partial charge in [-0.2, -0.15) is 13.2 Å². The van der Waals surface area contributed by atoms with Crippen molar-refractivity contribution < 1.29 is 26.4 Å². The maximum absolute atomic E-state index is 12.8. The predicted molar refractivity (Wildman–Crippen MR) is 101 cm³/mol. The highest BCUT2D eigenvalue weighted by molar-refractivity contribution is 7.93. The maximum Gasteiger partial charge on any atom is 0.409 e. The first-order chi connectivity index (χ1) is 12.9. The Kier molecular flexibility index (Phi) is 6.92. The minimum Gasteiger partial charge on any atom is -0.332 e. The second-order valence-electron chi connectivity index (χ2n) is 6.81. The Labute approximate surface area is 162 Å². The number of piperidine rings is 1. The molecule has 1 heterocycles. The minimum absolute atomic E-state index is 0.0878. The lowest BCUT2D eigenvalue weighted by atomic mass is 9.91. The van der Waals surface area contributed by atoms with E-state index in [0.717, 1.165) is 17.2 Å². The quantitative estimate of drug-likeness (QED) is 0.756. The fourth-order valence-corrected chi connectivity index (χ4v) is 3.57. The Balaban J connectivity index is 2.20. The first-order valence-electron chi connectivity index (χ1n) is 8.72. The van der Waals surface area contributed by atoms with Crippen LogP contribution in [0.25, 0.3) is 0 Å². The molecule has 2 rings (SSSR count). The average molecular weight is 416 g/mol. The van der Waals surface area contributed by atoms with Crippen LogP contribution in [-0.4, -0.2) is 44.4 Å². The van der Waals surface area contributed by atoms with Gasteiger partial charge in [-0.3, -0.25) is 0 Å². The molecule has 1 aliphatic heterocycles. The van der Waals surface area contributed by atoms with Gasteiger partial charge in [0.15, 0.2) is 9.84 Å². The molecule has 0 aromatic heterocycles. The number of allylic oxidation sites excluding steroid dienone is 1. The second-order valence-corrected chi connectivity index (χ2v) is 8.75. The summed E-state index contributed by atoms with van der Waals surface area (Å²) in [4.78, 5) is 14.2. The van der Waals surface area contributed by atoms with Gasteiger partial charge in [0.1, 0.15) is 0 Å². The average Bonchev–Trinajstić information content (AvgIpc) is 2.58.